The quantitative estimate of drug-likeness (QED) is 0.624. The Labute approximate surface area is 81.1 Å². The van der Waals surface area contributed by atoms with Gasteiger partial charge in [-0.05, 0) is 27.7 Å². The minimum absolute atomic E-state index is 0.218. The highest BCUT2D eigenvalue weighted by molar-refractivity contribution is 4.87. The molecule has 0 aliphatic carbocycles. The lowest BCUT2D eigenvalue weighted by molar-refractivity contribution is 0.0476. The molecule has 1 unspecified atom stereocenters. The lowest BCUT2D eigenvalue weighted by atomic mass is 10.0. The van der Waals surface area contributed by atoms with Crippen molar-refractivity contribution in [2.45, 2.75) is 45.4 Å². The summed E-state index contributed by atoms with van der Waals surface area (Å²) in [6, 6.07) is 0.230. The Morgan fingerprint density at radius 2 is 2.08 bits per heavy atom. The van der Waals surface area contributed by atoms with Crippen LogP contribution in [0.15, 0.2) is 0 Å². The molecule has 1 fully saturated rings. The minimum atomic E-state index is -0.259. The normalized spacial score (nSPS) is 28.8. The van der Waals surface area contributed by atoms with E-state index in [1.807, 2.05) is 6.92 Å². The van der Waals surface area contributed by atoms with Gasteiger partial charge in [0.05, 0.1) is 6.10 Å². The van der Waals surface area contributed by atoms with Crippen molar-refractivity contribution in [3.8, 4) is 0 Å². The molecule has 0 amide bonds. The van der Waals surface area contributed by atoms with E-state index in [2.05, 4.69) is 31.0 Å². The first kappa shape index (κ1) is 11.0. The van der Waals surface area contributed by atoms with E-state index in [-0.39, 0.29) is 17.7 Å². The third kappa shape index (κ3) is 2.93. The van der Waals surface area contributed by atoms with E-state index in [1.54, 1.807) is 0 Å². The molecule has 0 bridgehead atoms. The lowest BCUT2D eigenvalue weighted by Crippen LogP contribution is -2.59. The van der Waals surface area contributed by atoms with E-state index in [0.717, 1.165) is 19.6 Å². The number of aliphatic hydroxyl groups excluding tert-OH is 1. The van der Waals surface area contributed by atoms with Gasteiger partial charge >= 0.3 is 0 Å². The molecule has 0 aromatic carbocycles. The van der Waals surface area contributed by atoms with Crippen LogP contribution in [0.25, 0.3) is 0 Å². The van der Waals surface area contributed by atoms with Crippen LogP contribution >= 0.6 is 0 Å². The number of rotatable bonds is 1. The Bertz CT molecular complexity index is 163. The van der Waals surface area contributed by atoms with Gasteiger partial charge in [-0.25, -0.2) is 0 Å². The Morgan fingerprint density at radius 3 is 2.54 bits per heavy atom. The molecule has 13 heavy (non-hydrogen) atoms. The third-order valence-electron chi connectivity index (χ3n) is 2.74. The number of piperazine rings is 1. The van der Waals surface area contributed by atoms with E-state index >= 15 is 0 Å². The standard InChI is InChI=1S/C10H22N2O/c1-8(13)9-7-12(6-5-11-9)10(2,3)4/h8-9,11,13H,5-7H2,1-4H3/t8?,9-/m0/s1. The van der Waals surface area contributed by atoms with Crippen LogP contribution < -0.4 is 5.32 Å². The van der Waals surface area contributed by atoms with Gasteiger partial charge in [-0.15, -0.1) is 0 Å². The summed E-state index contributed by atoms with van der Waals surface area (Å²) in [5, 5.41) is 12.8. The second-order valence-corrected chi connectivity index (χ2v) is 4.92. The van der Waals surface area contributed by atoms with Crippen molar-refractivity contribution < 1.29 is 5.11 Å². The van der Waals surface area contributed by atoms with Gasteiger partial charge in [0.2, 0.25) is 0 Å². The topological polar surface area (TPSA) is 35.5 Å². The zero-order valence-corrected chi connectivity index (χ0v) is 9.17. The Morgan fingerprint density at radius 1 is 1.46 bits per heavy atom. The molecule has 0 spiro atoms. The Kier molecular flexibility index (Phi) is 3.33. The van der Waals surface area contributed by atoms with Crippen LogP contribution in [0.2, 0.25) is 0 Å². The SMILES string of the molecule is CC(O)[C@@H]1CN(C(C)(C)C)CCN1. The molecule has 2 N–H and O–H groups in total. The van der Waals surface area contributed by atoms with Crippen LogP contribution in [0.5, 0.6) is 0 Å². The number of aliphatic hydroxyl groups is 1. The van der Waals surface area contributed by atoms with Crippen molar-refractivity contribution in [1.82, 2.24) is 10.2 Å². The molecule has 1 rings (SSSR count). The molecule has 1 aliphatic heterocycles. The average Bonchev–Trinajstić information content (AvgIpc) is 2.03. The Hall–Kier alpha value is -0.120. The van der Waals surface area contributed by atoms with Crippen LogP contribution in [0.3, 0.4) is 0 Å². The monoisotopic (exact) mass is 186 g/mol. The second kappa shape index (κ2) is 3.95. The van der Waals surface area contributed by atoms with E-state index in [0.29, 0.717) is 0 Å². The highest BCUT2D eigenvalue weighted by atomic mass is 16.3. The van der Waals surface area contributed by atoms with Gasteiger partial charge in [-0.2, -0.15) is 0 Å². The van der Waals surface area contributed by atoms with Crippen LogP contribution in [-0.4, -0.2) is 47.3 Å². The molecule has 2 atom stereocenters. The summed E-state index contributed by atoms with van der Waals surface area (Å²) in [5.41, 5.74) is 0.218. The first-order chi connectivity index (χ1) is 5.91. The molecule has 78 valence electrons. The molecule has 1 heterocycles. The van der Waals surface area contributed by atoms with Crippen molar-refractivity contribution in [2.75, 3.05) is 19.6 Å². The molecular weight excluding hydrogens is 164 g/mol. The predicted molar refractivity (Wildman–Crippen MR) is 54.8 cm³/mol. The Balaban J connectivity index is 2.52. The summed E-state index contributed by atoms with van der Waals surface area (Å²) in [6.45, 7) is 11.5. The summed E-state index contributed by atoms with van der Waals surface area (Å²) in [5.74, 6) is 0. The fourth-order valence-corrected chi connectivity index (χ4v) is 1.71. The largest absolute Gasteiger partial charge is 0.392 e. The molecule has 3 heteroatoms. The minimum Gasteiger partial charge on any atom is -0.392 e. The summed E-state index contributed by atoms with van der Waals surface area (Å²) in [6.07, 6.45) is -0.259. The maximum absolute atomic E-state index is 9.47. The van der Waals surface area contributed by atoms with Gasteiger partial charge in [0.1, 0.15) is 0 Å². The molecule has 1 saturated heterocycles. The van der Waals surface area contributed by atoms with E-state index in [1.165, 1.54) is 0 Å². The molecule has 1 aliphatic rings. The fraction of sp³-hybridized carbons (Fsp3) is 1.00. The van der Waals surface area contributed by atoms with Gasteiger partial charge in [-0.1, -0.05) is 0 Å². The zero-order chi connectivity index (χ0) is 10.1. The van der Waals surface area contributed by atoms with E-state index in [9.17, 15) is 5.11 Å². The summed E-state index contributed by atoms with van der Waals surface area (Å²) >= 11 is 0. The van der Waals surface area contributed by atoms with Gasteiger partial charge in [0.25, 0.3) is 0 Å². The van der Waals surface area contributed by atoms with Gasteiger partial charge in [-0.3, -0.25) is 4.90 Å². The number of nitrogens with zero attached hydrogens (tertiary/aromatic N) is 1. The lowest BCUT2D eigenvalue weighted by Gasteiger charge is -2.42. The maximum atomic E-state index is 9.47. The molecular formula is C10H22N2O. The van der Waals surface area contributed by atoms with Crippen molar-refractivity contribution in [2.24, 2.45) is 0 Å². The average molecular weight is 186 g/mol. The predicted octanol–water partition coefficient (Wildman–Crippen LogP) is 0.440. The van der Waals surface area contributed by atoms with Crippen molar-refractivity contribution >= 4 is 0 Å². The van der Waals surface area contributed by atoms with Crippen molar-refractivity contribution in [3.05, 3.63) is 0 Å². The first-order valence-electron chi connectivity index (χ1n) is 5.08. The third-order valence-corrected chi connectivity index (χ3v) is 2.74. The van der Waals surface area contributed by atoms with E-state index in [4.69, 9.17) is 0 Å². The van der Waals surface area contributed by atoms with Gasteiger partial charge in [0.15, 0.2) is 0 Å². The number of hydrogen-bond acceptors (Lipinski definition) is 3. The first-order valence-corrected chi connectivity index (χ1v) is 5.08. The molecule has 0 radical (unpaired) electrons. The summed E-state index contributed by atoms with van der Waals surface area (Å²) < 4.78 is 0. The van der Waals surface area contributed by atoms with Crippen molar-refractivity contribution in [3.63, 3.8) is 0 Å². The van der Waals surface area contributed by atoms with Crippen molar-refractivity contribution in [1.29, 1.82) is 0 Å². The van der Waals surface area contributed by atoms with Gasteiger partial charge < -0.3 is 10.4 Å². The van der Waals surface area contributed by atoms with Crippen LogP contribution in [-0.2, 0) is 0 Å². The van der Waals surface area contributed by atoms with Crippen LogP contribution in [0.1, 0.15) is 27.7 Å². The number of hydrogen-bond donors (Lipinski definition) is 2. The maximum Gasteiger partial charge on any atom is 0.0677 e. The molecule has 0 aromatic rings. The fourth-order valence-electron chi connectivity index (χ4n) is 1.71. The second-order valence-electron chi connectivity index (χ2n) is 4.92. The molecule has 0 aromatic heterocycles. The molecule has 0 saturated carbocycles. The summed E-state index contributed by atoms with van der Waals surface area (Å²) in [4.78, 5) is 2.42. The molecule has 3 nitrogen and oxygen atoms in total. The van der Waals surface area contributed by atoms with Crippen LogP contribution in [0, 0.1) is 0 Å². The van der Waals surface area contributed by atoms with Crippen LogP contribution in [0.4, 0.5) is 0 Å². The smallest absolute Gasteiger partial charge is 0.0677 e. The summed E-state index contributed by atoms with van der Waals surface area (Å²) in [7, 11) is 0. The van der Waals surface area contributed by atoms with Gasteiger partial charge in [0, 0.05) is 31.2 Å². The zero-order valence-electron chi connectivity index (χ0n) is 9.17. The highest BCUT2D eigenvalue weighted by Crippen LogP contribution is 2.16. The van der Waals surface area contributed by atoms with E-state index < -0.39 is 0 Å². The highest BCUT2D eigenvalue weighted by Gasteiger charge is 2.29. The number of nitrogens with one attached hydrogen (secondary N) is 1.